The number of thioether (sulfide) groups is 1. The Morgan fingerprint density at radius 2 is 2.15 bits per heavy atom. The fourth-order valence-electron chi connectivity index (χ4n) is 0.995. The zero-order valence-electron chi connectivity index (χ0n) is 7.05. The van der Waals surface area contributed by atoms with Gasteiger partial charge in [0.25, 0.3) is 6.43 Å². The third-order valence-electron chi connectivity index (χ3n) is 1.63. The predicted molar refractivity (Wildman–Crippen MR) is 51.0 cm³/mol. The first-order valence-electron chi connectivity index (χ1n) is 3.61. The van der Waals surface area contributed by atoms with Crippen molar-refractivity contribution >= 4 is 17.4 Å². The highest BCUT2D eigenvalue weighted by Crippen LogP contribution is 2.31. The van der Waals surface area contributed by atoms with Gasteiger partial charge in [-0.2, -0.15) is 0 Å². The van der Waals surface area contributed by atoms with Crippen LogP contribution >= 0.6 is 11.8 Å². The molecule has 0 saturated carbocycles. The summed E-state index contributed by atoms with van der Waals surface area (Å²) in [5.41, 5.74) is 2.84. The molecule has 1 aromatic carbocycles. The van der Waals surface area contributed by atoms with Gasteiger partial charge in [0.2, 0.25) is 0 Å². The average molecular weight is 204 g/mol. The van der Waals surface area contributed by atoms with Crippen LogP contribution in [0.2, 0.25) is 0 Å². The third kappa shape index (κ3) is 2.32. The van der Waals surface area contributed by atoms with Crippen molar-refractivity contribution < 1.29 is 8.78 Å². The Bertz CT molecular complexity index is 291. The number of nitrogen functional groups attached to an aromatic ring is 1. The molecule has 0 unspecified atom stereocenters. The third-order valence-corrected chi connectivity index (χ3v) is 2.44. The van der Waals surface area contributed by atoms with Crippen LogP contribution in [0, 0.1) is 0 Å². The first-order valence-corrected chi connectivity index (χ1v) is 4.84. The van der Waals surface area contributed by atoms with Crippen LogP contribution in [-0.2, 0) is 0 Å². The van der Waals surface area contributed by atoms with Crippen LogP contribution in [0.3, 0.4) is 0 Å². The highest BCUT2D eigenvalue weighted by molar-refractivity contribution is 7.98. The van der Waals surface area contributed by atoms with Gasteiger partial charge in [0.05, 0.1) is 0 Å². The Labute approximate surface area is 79.5 Å². The van der Waals surface area contributed by atoms with Crippen molar-refractivity contribution in [1.29, 1.82) is 0 Å². The lowest BCUT2D eigenvalue weighted by Gasteiger charge is -2.08. The molecule has 0 amide bonds. The van der Waals surface area contributed by atoms with Gasteiger partial charge in [-0.25, -0.2) is 8.78 Å². The van der Waals surface area contributed by atoms with Crippen LogP contribution in [0.5, 0.6) is 0 Å². The summed E-state index contributed by atoms with van der Waals surface area (Å²) in [6, 6.07) is 4.65. The highest BCUT2D eigenvalue weighted by Gasteiger charge is 2.12. The van der Waals surface area contributed by atoms with Gasteiger partial charge in [0, 0.05) is 16.1 Å². The van der Waals surface area contributed by atoms with Crippen molar-refractivity contribution in [1.82, 2.24) is 0 Å². The average Bonchev–Trinajstić information content (AvgIpc) is 2.16. The maximum atomic E-state index is 12.4. The van der Waals surface area contributed by atoms with E-state index in [1.165, 1.54) is 17.8 Å². The Hall–Kier alpha value is -0.810. The molecule has 0 aliphatic carbocycles. The van der Waals surface area contributed by atoms with Crippen LogP contribution in [0.4, 0.5) is 14.5 Å². The van der Waals surface area contributed by atoms with Gasteiger partial charge in [-0.15, -0.1) is 11.8 Å². The number of nitrogens with two attached hydrogens (primary N) is 1. The molecule has 1 aromatic rings. The van der Waals surface area contributed by atoms with Crippen LogP contribution < -0.4 is 11.3 Å². The fraction of sp³-hybridized carbons (Fsp3) is 0.250. The summed E-state index contributed by atoms with van der Waals surface area (Å²) in [6.45, 7) is 0. The van der Waals surface area contributed by atoms with Gasteiger partial charge in [0.15, 0.2) is 0 Å². The van der Waals surface area contributed by atoms with Gasteiger partial charge in [-0.3, -0.25) is 5.84 Å². The summed E-state index contributed by atoms with van der Waals surface area (Å²) in [5.74, 6) is 5.11. The molecule has 1 rings (SSSR count). The first-order chi connectivity index (χ1) is 6.19. The van der Waals surface area contributed by atoms with Crippen LogP contribution in [0.25, 0.3) is 0 Å². The number of anilines is 1. The lowest BCUT2D eigenvalue weighted by molar-refractivity contribution is 0.148. The second-order valence-corrected chi connectivity index (χ2v) is 3.25. The number of benzene rings is 1. The van der Waals surface area contributed by atoms with Crippen LogP contribution in [-0.4, -0.2) is 6.26 Å². The van der Waals surface area contributed by atoms with E-state index < -0.39 is 6.43 Å². The largest absolute Gasteiger partial charge is 0.324 e. The molecule has 3 N–H and O–H groups in total. The van der Waals surface area contributed by atoms with E-state index in [0.717, 1.165) is 0 Å². The standard InChI is InChI=1S/C8H10F2N2S/c1-13-7-3-2-5(12-11)4-6(7)8(9)10/h2-4,8,12H,11H2,1H3. The lowest BCUT2D eigenvalue weighted by Crippen LogP contribution is -2.07. The summed E-state index contributed by atoms with van der Waals surface area (Å²) in [4.78, 5) is 0.578. The highest BCUT2D eigenvalue weighted by atomic mass is 32.2. The quantitative estimate of drug-likeness (QED) is 0.451. The zero-order chi connectivity index (χ0) is 9.84. The second kappa shape index (κ2) is 4.43. The summed E-state index contributed by atoms with van der Waals surface area (Å²) in [5, 5.41) is 0. The van der Waals surface area contributed by atoms with Crippen molar-refractivity contribution in [3.05, 3.63) is 23.8 Å². The predicted octanol–water partition coefficient (Wildman–Crippen LogP) is 2.63. The Balaban J connectivity index is 3.10. The van der Waals surface area contributed by atoms with E-state index in [4.69, 9.17) is 5.84 Å². The summed E-state index contributed by atoms with van der Waals surface area (Å²) in [7, 11) is 0. The molecule has 0 heterocycles. The molecule has 0 atom stereocenters. The monoisotopic (exact) mass is 204 g/mol. The summed E-state index contributed by atoms with van der Waals surface area (Å²) < 4.78 is 24.9. The number of hydrazine groups is 1. The molecule has 0 bridgehead atoms. The number of halogens is 2. The lowest BCUT2D eigenvalue weighted by atomic mass is 10.2. The van der Waals surface area contributed by atoms with Gasteiger partial charge in [0.1, 0.15) is 0 Å². The van der Waals surface area contributed by atoms with Crippen molar-refractivity contribution in [2.75, 3.05) is 11.7 Å². The van der Waals surface area contributed by atoms with E-state index in [1.54, 1.807) is 18.4 Å². The molecule has 2 nitrogen and oxygen atoms in total. The normalized spacial score (nSPS) is 10.5. The van der Waals surface area contributed by atoms with Gasteiger partial charge in [-0.1, -0.05) is 0 Å². The molecule has 0 aliphatic rings. The molecular weight excluding hydrogens is 194 g/mol. The Kier molecular flexibility index (Phi) is 3.50. The van der Waals surface area contributed by atoms with Crippen molar-refractivity contribution in [2.45, 2.75) is 11.3 Å². The number of alkyl halides is 2. The zero-order valence-corrected chi connectivity index (χ0v) is 7.87. The molecule has 0 fully saturated rings. The van der Waals surface area contributed by atoms with E-state index >= 15 is 0 Å². The van der Waals surface area contributed by atoms with Crippen LogP contribution in [0.15, 0.2) is 23.1 Å². The minimum Gasteiger partial charge on any atom is -0.324 e. The Morgan fingerprint density at radius 1 is 1.46 bits per heavy atom. The van der Waals surface area contributed by atoms with Crippen LogP contribution in [0.1, 0.15) is 12.0 Å². The van der Waals surface area contributed by atoms with Crippen molar-refractivity contribution in [3.63, 3.8) is 0 Å². The molecule has 0 aliphatic heterocycles. The van der Waals surface area contributed by atoms with E-state index in [9.17, 15) is 8.78 Å². The fourth-order valence-corrected chi connectivity index (χ4v) is 1.58. The van der Waals surface area contributed by atoms with Crippen molar-refractivity contribution in [2.24, 2.45) is 5.84 Å². The summed E-state index contributed by atoms with van der Waals surface area (Å²) in [6.07, 6.45) is -0.702. The second-order valence-electron chi connectivity index (χ2n) is 2.40. The molecular formula is C8H10F2N2S. The molecule has 13 heavy (non-hydrogen) atoms. The SMILES string of the molecule is CSc1ccc(NN)cc1C(F)F. The molecule has 0 spiro atoms. The number of nitrogens with one attached hydrogen (secondary N) is 1. The number of rotatable bonds is 3. The maximum absolute atomic E-state index is 12.4. The smallest absolute Gasteiger partial charge is 0.265 e. The van der Waals surface area contributed by atoms with E-state index in [0.29, 0.717) is 10.6 Å². The van der Waals surface area contributed by atoms with Crippen molar-refractivity contribution in [3.8, 4) is 0 Å². The molecule has 0 saturated heterocycles. The first kappa shape index (κ1) is 10.3. The summed E-state index contributed by atoms with van der Waals surface area (Å²) >= 11 is 1.29. The molecule has 5 heteroatoms. The maximum Gasteiger partial charge on any atom is 0.265 e. The molecule has 0 radical (unpaired) electrons. The van der Waals surface area contributed by atoms with Gasteiger partial charge >= 0.3 is 0 Å². The van der Waals surface area contributed by atoms with E-state index in [2.05, 4.69) is 5.43 Å². The molecule has 0 aromatic heterocycles. The number of hydrogen-bond acceptors (Lipinski definition) is 3. The van der Waals surface area contributed by atoms with E-state index in [1.807, 2.05) is 0 Å². The minimum atomic E-state index is -2.46. The Morgan fingerprint density at radius 3 is 2.62 bits per heavy atom. The minimum absolute atomic E-state index is 0.0166. The van der Waals surface area contributed by atoms with Gasteiger partial charge in [-0.05, 0) is 24.5 Å². The van der Waals surface area contributed by atoms with E-state index in [-0.39, 0.29) is 5.56 Å². The molecule has 72 valence electrons. The van der Waals surface area contributed by atoms with Gasteiger partial charge < -0.3 is 5.43 Å². The number of hydrogen-bond donors (Lipinski definition) is 2. The topological polar surface area (TPSA) is 38.0 Å².